The second-order valence-electron chi connectivity index (χ2n) is 5.24. The molecule has 0 aliphatic carbocycles. The molecule has 1 atom stereocenters. The van der Waals surface area contributed by atoms with Gasteiger partial charge in [-0.25, -0.2) is 14.4 Å². The lowest BCUT2D eigenvalue weighted by Gasteiger charge is -2.13. The number of thioether (sulfide) groups is 1. The van der Waals surface area contributed by atoms with Crippen molar-refractivity contribution in [3.63, 3.8) is 0 Å². The molecule has 6 nitrogen and oxygen atoms in total. The van der Waals surface area contributed by atoms with Gasteiger partial charge in [0.05, 0.1) is 5.75 Å². The van der Waals surface area contributed by atoms with Crippen LogP contribution in [-0.2, 0) is 14.3 Å². The molecule has 9 heteroatoms. The summed E-state index contributed by atoms with van der Waals surface area (Å²) in [5, 5.41) is 5.97. The quantitative estimate of drug-likeness (QED) is 0.394. The maximum atomic E-state index is 13.1. The zero-order valence-electron chi connectivity index (χ0n) is 13.6. The molecule has 1 aromatic carbocycles. The maximum absolute atomic E-state index is 13.1. The smallest absolute Gasteiger partial charge is 0.317 e. The Morgan fingerprint density at radius 1 is 1.35 bits per heavy atom. The van der Waals surface area contributed by atoms with E-state index < -0.39 is 23.8 Å². The van der Waals surface area contributed by atoms with Gasteiger partial charge in [0.1, 0.15) is 22.0 Å². The molecule has 26 heavy (non-hydrogen) atoms. The zero-order chi connectivity index (χ0) is 18.5. The van der Waals surface area contributed by atoms with Gasteiger partial charge < -0.3 is 10.1 Å². The lowest BCUT2D eigenvalue weighted by molar-refractivity contribution is -0.150. The van der Waals surface area contributed by atoms with Crippen molar-refractivity contribution in [2.45, 2.75) is 18.1 Å². The highest BCUT2D eigenvalue weighted by Crippen LogP contribution is 2.27. The van der Waals surface area contributed by atoms with Crippen molar-refractivity contribution in [1.29, 1.82) is 0 Å². The minimum Gasteiger partial charge on any atom is -0.452 e. The minimum atomic E-state index is -1.00. The highest BCUT2D eigenvalue weighted by atomic mass is 32.2. The maximum Gasteiger partial charge on any atom is 0.317 e. The number of rotatable bonds is 6. The fourth-order valence-electron chi connectivity index (χ4n) is 2.10. The Kier molecular flexibility index (Phi) is 5.79. The number of anilines is 1. The van der Waals surface area contributed by atoms with Gasteiger partial charge in [0.25, 0.3) is 5.91 Å². The number of benzene rings is 1. The molecular formula is C17H14FN3O3S2. The number of amides is 1. The van der Waals surface area contributed by atoms with Crippen LogP contribution in [0.1, 0.15) is 6.92 Å². The molecular weight excluding hydrogens is 377 g/mol. The summed E-state index contributed by atoms with van der Waals surface area (Å²) in [5.74, 6) is -1.52. The Balaban J connectivity index is 1.52. The van der Waals surface area contributed by atoms with Crippen LogP contribution in [0.3, 0.4) is 0 Å². The predicted octanol–water partition coefficient (Wildman–Crippen LogP) is 3.49. The molecule has 0 fully saturated rings. The van der Waals surface area contributed by atoms with Gasteiger partial charge in [0.2, 0.25) is 0 Å². The van der Waals surface area contributed by atoms with Crippen LogP contribution in [0.25, 0.3) is 10.2 Å². The third-order valence-electron chi connectivity index (χ3n) is 3.32. The number of carbonyl (C=O) groups excluding carboxylic acids is 2. The first kappa shape index (κ1) is 18.3. The second kappa shape index (κ2) is 8.24. The molecule has 1 N–H and O–H groups in total. The summed E-state index contributed by atoms with van der Waals surface area (Å²) in [7, 11) is 0. The van der Waals surface area contributed by atoms with Crippen LogP contribution < -0.4 is 5.32 Å². The largest absolute Gasteiger partial charge is 0.452 e. The van der Waals surface area contributed by atoms with Crippen molar-refractivity contribution in [3.8, 4) is 0 Å². The van der Waals surface area contributed by atoms with Crippen LogP contribution in [0, 0.1) is 5.82 Å². The number of halogens is 1. The van der Waals surface area contributed by atoms with E-state index in [2.05, 4.69) is 15.3 Å². The SMILES string of the molecule is C[C@@H](OC(=O)CSc1ncnc2sccc12)C(=O)Nc1cccc(F)c1. The van der Waals surface area contributed by atoms with Crippen LogP contribution in [0.4, 0.5) is 10.1 Å². The molecule has 0 aliphatic heterocycles. The van der Waals surface area contributed by atoms with E-state index in [4.69, 9.17) is 4.74 Å². The molecule has 0 bridgehead atoms. The van der Waals surface area contributed by atoms with Crippen LogP contribution in [0.15, 0.2) is 47.1 Å². The van der Waals surface area contributed by atoms with Gasteiger partial charge in [-0.3, -0.25) is 9.59 Å². The van der Waals surface area contributed by atoms with E-state index in [1.165, 1.54) is 54.5 Å². The third-order valence-corrected chi connectivity index (χ3v) is 5.12. The van der Waals surface area contributed by atoms with Gasteiger partial charge in [-0.15, -0.1) is 11.3 Å². The van der Waals surface area contributed by atoms with Crippen molar-refractivity contribution in [2.24, 2.45) is 0 Å². The molecule has 134 valence electrons. The van der Waals surface area contributed by atoms with Crippen molar-refractivity contribution >= 4 is 50.9 Å². The van der Waals surface area contributed by atoms with Gasteiger partial charge in [-0.1, -0.05) is 17.8 Å². The van der Waals surface area contributed by atoms with E-state index in [9.17, 15) is 14.0 Å². The zero-order valence-corrected chi connectivity index (χ0v) is 15.3. The number of aromatic nitrogens is 2. The van der Waals surface area contributed by atoms with E-state index in [1.807, 2.05) is 11.4 Å². The monoisotopic (exact) mass is 391 g/mol. The van der Waals surface area contributed by atoms with E-state index in [-0.39, 0.29) is 5.75 Å². The minimum absolute atomic E-state index is 0.0134. The second-order valence-corrected chi connectivity index (χ2v) is 7.10. The molecule has 1 amide bonds. The summed E-state index contributed by atoms with van der Waals surface area (Å²) < 4.78 is 18.3. The average Bonchev–Trinajstić information content (AvgIpc) is 3.09. The Labute approximate surface area is 156 Å². The Hall–Kier alpha value is -2.52. The molecule has 0 radical (unpaired) electrons. The van der Waals surface area contributed by atoms with E-state index >= 15 is 0 Å². The molecule has 0 unspecified atom stereocenters. The summed E-state index contributed by atoms with van der Waals surface area (Å²) in [6, 6.07) is 7.37. The Bertz CT molecular complexity index is 948. The summed E-state index contributed by atoms with van der Waals surface area (Å²) in [6.07, 6.45) is 0.444. The van der Waals surface area contributed by atoms with Crippen molar-refractivity contribution in [3.05, 3.63) is 47.9 Å². The molecule has 3 rings (SSSR count). The number of carbonyl (C=O) groups is 2. The summed E-state index contributed by atoms with van der Waals surface area (Å²) in [5.41, 5.74) is 0.299. The number of nitrogens with one attached hydrogen (secondary N) is 1. The van der Waals surface area contributed by atoms with Crippen LogP contribution in [-0.4, -0.2) is 33.7 Å². The number of hydrogen-bond donors (Lipinski definition) is 1. The normalized spacial score (nSPS) is 11.9. The predicted molar refractivity (Wildman–Crippen MR) is 98.7 cm³/mol. The van der Waals surface area contributed by atoms with E-state index in [0.717, 1.165) is 10.2 Å². The number of nitrogens with zero attached hydrogens (tertiary/aromatic N) is 2. The summed E-state index contributed by atoms with van der Waals surface area (Å²) >= 11 is 2.71. The van der Waals surface area contributed by atoms with Crippen LogP contribution in [0.5, 0.6) is 0 Å². The van der Waals surface area contributed by atoms with Crippen LogP contribution in [0.2, 0.25) is 0 Å². The number of esters is 1. The van der Waals surface area contributed by atoms with E-state index in [0.29, 0.717) is 10.7 Å². The van der Waals surface area contributed by atoms with Gasteiger partial charge >= 0.3 is 5.97 Å². The molecule has 0 saturated carbocycles. The lowest BCUT2D eigenvalue weighted by Crippen LogP contribution is -2.30. The molecule has 0 saturated heterocycles. The molecule has 2 heterocycles. The van der Waals surface area contributed by atoms with Gasteiger partial charge in [0, 0.05) is 11.1 Å². The van der Waals surface area contributed by atoms with Crippen molar-refractivity contribution in [1.82, 2.24) is 9.97 Å². The first-order valence-corrected chi connectivity index (χ1v) is 9.46. The summed E-state index contributed by atoms with van der Waals surface area (Å²) in [6.45, 7) is 1.46. The Morgan fingerprint density at radius 3 is 3.00 bits per heavy atom. The number of ether oxygens (including phenoxy) is 1. The van der Waals surface area contributed by atoms with Gasteiger partial charge in [0.15, 0.2) is 6.10 Å². The number of fused-ring (bicyclic) bond motifs is 1. The fraction of sp³-hybridized carbons (Fsp3) is 0.176. The van der Waals surface area contributed by atoms with Crippen LogP contribution >= 0.6 is 23.1 Å². The Morgan fingerprint density at radius 2 is 2.19 bits per heavy atom. The number of hydrogen-bond acceptors (Lipinski definition) is 7. The molecule has 0 spiro atoms. The van der Waals surface area contributed by atoms with Gasteiger partial charge in [-0.05, 0) is 36.6 Å². The van der Waals surface area contributed by atoms with Crippen molar-refractivity contribution in [2.75, 3.05) is 11.1 Å². The molecule has 3 aromatic rings. The van der Waals surface area contributed by atoms with Gasteiger partial charge in [-0.2, -0.15) is 0 Å². The topological polar surface area (TPSA) is 81.2 Å². The average molecular weight is 391 g/mol. The first-order chi connectivity index (χ1) is 12.5. The van der Waals surface area contributed by atoms with E-state index in [1.54, 1.807) is 6.07 Å². The van der Waals surface area contributed by atoms with Crippen molar-refractivity contribution < 1.29 is 18.7 Å². The highest BCUT2D eigenvalue weighted by molar-refractivity contribution is 8.00. The third kappa shape index (κ3) is 4.55. The fourth-order valence-corrected chi connectivity index (χ4v) is 3.67. The first-order valence-electron chi connectivity index (χ1n) is 7.60. The lowest BCUT2D eigenvalue weighted by atomic mass is 10.3. The highest BCUT2D eigenvalue weighted by Gasteiger charge is 2.19. The molecule has 0 aliphatic rings. The summed E-state index contributed by atoms with van der Waals surface area (Å²) in [4.78, 5) is 33.2. The number of thiophene rings is 1. The molecule has 2 aromatic heterocycles. The standard InChI is InChI=1S/C17H14FN3O3S2/c1-10(15(23)21-12-4-2-3-11(18)7-12)24-14(22)8-26-17-13-5-6-25-16(13)19-9-20-17/h2-7,9-10H,8H2,1H3,(H,21,23)/t10-/m1/s1.